The van der Waals surface area contributed by atoms with Gasteiger partial charge in [-0.3, -0.25) is 4.79 Å². The average Bonchev–Trinajstić information content (AvgIpc) is 3.16. The summed E-state index contributed by atoms with van der Waals surface area (Å²) in [6, 6.07) is 9.90. The number of hydrogen-bond donors (Lipinski definition) is 2. The lowest BCUT2D eigenvalue weighted by atomic mass is 10.2. The molecule has 27 heavy (non-hydrogen) atoms. The molecule has 7 nitrogen and oxygen atoms in total. The number of nitrogens with one attached hydrogen (secondary N) is 2. The van der Waals surface area contributed by atoms with Gasteiger partial charge in [-0.25, -0.2) is 5.01 Å². The maximum absolute atomic E-state index is 12.8. The third-order valence-electron chi connectivity index (χ3n) is 3.51. The lowest BCUT2D eigenvalue weighted by Gasteiger charge is -2.15. The number of amides is 1. The lowest BCUT2D eigenvalue weighted by Crippen LogP contribution is -2.29. The number of hydrazine groups is 1. The Morgan fingerprint density at radius 2 is 2.00 bits per heavy atom. The first kappa shape index (κ1) is 18.8. The van der Waals surface area contributed by atoms with E-state index in [1.807, 2.05) is 0 Å². The van der Waals surface area contributed by atoms with Crippen molar-refractivity contribution in [2.75, 3.05) is 23.6 Å². The number of rotatable bonds is 5. The van der Waals surface area contributed by atoms with Gasteiger partial charge in [0.25, 0.3) is 5.91 Å². The van der Waals surface area contributed by atoms with Crippen molar-refractivity contribution in [3.05, 3.63) is 53.1 Å². The van der Waals surface area contributed by atoms with Crippen molar-refractivity contribution in [1.29, 1.82) is 0 Å². The van der Waals surface area contributed by atoms with Crippen LogP contribution >= 0.6 is 11.6 Å². The number of halogens is 4. The van der Waals surface area contributed by atoms with Gasteiger partial charge in [-0.05, 0) is 42.5 Å². The van der Waals surface area contributed by atoms with Crippen LogP contribution in [0.4, 0.5) is 24.5 Å². The van der Waals surface area contributed by atoms with Gasteiger partial charge in [0, 0.05) is 5.69 Å². The van der Waals surface area contributed by atoms with Gasteiger partial charge >= 0.3 is 6.18 Å². The second-order valence-corrected chi connectivity index (χ2v) is 5.84. The Morgan fingerprint density at radius 3 is 2.63 bits per heavy atom. The van der Waals surface area contributed by atoms with E-state index in [2.05, 4.69) is 21.2 Å². The Morgan fingerprint density at radius 1 is 1.26 bits per heavy atom. The first-order chi connectivity index (χ1) is 12.8. The van der Waals surface area contributed by atoms with Crippen molar-refractivity contribution in [2.24, 2.45) is 10.3 Å². The van der Waals surface area contributed by atoms with Crippen LogP contribution in [0.2, 0.25) is 5.02 Å². The van der Waals surface area contributed by atoms with Crippen molar-refractivity contribution >= 4 is 28.9 Å². The van der Waals surface area contributed by atoms with Crippen LogP contribution in [0.15, 0.2) is 52.8 Å². The summed E-state index contributed by atoms with van der Waals surface area (Å²) in [5, 5.41) is 11.0. The lowest BCUT2D eigenvalue weighted by molar-refractivity contribution is -0.137. The van der Waals surface area contributed by atoms with Crippen molar-refractivity contribution in [1.82, 2.24) is 5.53 Å². The third-order valence-corrected chi connectivity index (χ3v) is 3.84. The van der Waals surface area contributed by atoms with E-state index in [1.54, 1.807) is 29.3 Å². The van der Waals surface area contributed by atoms with Crippen LogP contribution in [-0.4, -0.2) is 19.2 Å². The van der Waals surface area contributed by atoms with Crippen molar-refractivity contribution in [3.63, 3.8) is 0 Å². The fourth-order valence-corrected chi connectivity index (χ4v) is 2.46. The minimum Gasteiger partial charge on any atom is -0.484 e. The molecule has 0 bridgehead atoms. The minimum atomic E-state index is -4.61. The summed E-state index contributed by atoms with van der Waals surface area (Å²) >= 11 is 5.54. The fourth-order valence-electron chi connectivity index (χ4n) is 2.24. The molecule has 3 rings (SSSR count). The standard InChI is InChI=1S/C16H13ClF3N5O2/c17-14-6-1-10(7-13(14)16(18,19)20)22-15(26)8-27-12-4-2-11(3-5-12)25-9-21-23-24-25/h1-7H,8-9H2,(H,21,24)(H,22,26). The van der Waals surface area contributed by atoms with E-state index in [0.717, 1.165) is 17.8 Å². The molecule has 0 fully saturated rings. The van der Waals surface area contributed by atoms with Gasteiger partial charge in [0.1, 0.15) is 5.75 Å². The highest BCUT2D eigenvalue weighted by Crippen LogP contribution is 2.36. The molecule has 0 atom stereocenters. The summed E-state index contributed by atoms with van der Waals surface area (Å²) < 4.78 is 43.8. The summed E-state index contributed by atoms with van der Waals surface area (Å²) in [6.07, 6.45) is -4.61. The number of anilines is 2. The van der Waals surface area contributed by atoms with Gasteiger partial charge in [0.15, 0.2) is 13.3 Å². The third kappa shape index (κ3) is 4.79. The van der Waals surface area contributed by atoms with Crippen LogP contribution in [0.3, 0.4) is 0 Å². The molecule has 142 valence electrons. The zero-order valence-electron chi connectivity index (χ0n) is 13.6. The summed E-state index contributed by atoms with van der Waals surface area (Å²) in [7, 11) is 0. The van der Waals surface area contributed by atoms with E-state index in [9.17, 15) is 18.0 Å². The molecular weight excluding hydrogens is 387 g/mol. The summed E-state index contributed by atoms with van der Waals surface area (Å²) in [5.74, 6) is -0.178. The molecule has 0 saturated heterocycles. The molecule has 1 amide bonds. The predicted octanol–water partition coefficient (Wildman–Crippen LogP) is 4.03. The molecule has 1 heterocycles. The Hall–Kier alpha value is -3.01. The van der Waals surface area contributed by atoms with Crippen LogP contribution < -0.4 is 20.6 Å². The van der Waals surface area contributed by atoms with Crippen LogP contribution in [-0.2, 0) is 11.0 Å². The van der Waals surface area contributed by atoms with Crippen molar-refractivity contribution in [2.45, 2.75) is 6.18 Å². The Kier molecular flexibility index (Phi) is 5.36. The molecular formula is C16H13ClF3N5O2. The van der Waals surface area contributed by atoms with Crippen LogP contribution in [0.1, 0.15) is 5.56 Å². The van der Waals surface area contributed by atoms with Crippen LogP contribution in [0.5, 0.6) is 5.75 Å². The zero-order chi connectivity index (χ0) is 19.4. The summed E-state index contributed by atoms with van der Waals surface area (Å²) in [5.41, 5.74) is 2.44. The topological polar surface area (TPSA) is 78.3 Å². The van der Waals surface area contributed by atoms with E-state index in [4.69, 9.17) is 16.3 Å². The number of carbonyl (C=O) groups is 1. The fraction of sp³-hybridized carbons (Fsp3) is 0.188. The first-order valence-electron chi connectivity index (χ1n) is 7.62. The van der Waals surface area contributed by atoms with Gasteiger partial charge in [-0.15, -0.1) is 5.11 Å². The summed E-state index contributed by atoms with van der Waals surface area (Å²) in [4.78, 5) is 11.9. The predicted molar refractivity (Wildman–Crippen MR) is 92.4 cm³/mol. The number of carbonyl (C=O) groups excluding carboxylic acids is 1. The Labute approximate surface area is 156 Å². The van der Waals surface area contributed by atoms with Gasteiger partial charge < -0.3 is 10.1 Å². The monoisotopic (exact) mass is 399 g/mol. The number of hydrogen-bond acceptors (Lipinski definition) is 6. The number of nitrogens with zero attached hydrogens (tertiary/aromatic N) is 3. The molecule has 2 aromatic rings. The van der Waals surface area contributed by atoms with E-state index < -0.39 is 22.7 Å². The second-order valence-electron chi connectivity index (χ2n) is 5.43. The Bertz CT molecular complexity index is 850. The molecule has 11 heteroatoms. The van der Waals surface area contributed by atoms with E-state index in [-0.39, 0.29) is 12.3 Å². The van der Waals surface area contributed by atoms with Crippen LogP contribution in [0.25, 0.3) is 0 Å². The van der Waals surface area contributed by atoms with Gasteiger partial charge in [0.2, 0.25) is 0 Å². The largest absolute Gasteiger partial charge is 0.484 e. The molecule has 0 unspecified atom stereocenters. The minimum absolute atomic E-state index is 0.0247. The molecule has 0 radical (unpaired) electrons. The number of alkyl halides is 3. The normalized spacial score (nSPS) is 13.4. The first-order valence-corrected chi connectivity index (χ1v) is 8.00. The van der Waals surface area contributed by atoms with Gasteiger partial charge in [0.05, 0.1) is 16.3 Å². The molecule has 2 N–H and O–H groups in total. The van der Waals surface area contributed by atoms with Gasteiger partial charge in [-0.2, -0.15) is 18.7 Å². The highest BCUT2D eigenvalue weighted by atomic mass is 35.5. The molecule has 0 aromatic heterocycles. The maximum Gasteiger partial charge on any atom is 0.417 e. The highest BCUT2D eigenvalue weighted by Gasteiger charge is 2.33. The molecule has 1 aliphatic rings. The molecule has 0 aliphatic carbocycles. The highest BCUT2D eigenvalue weighted by molar-refractivity contribution is 6.31. The maximum atomic E-state index is 12.8. The number of ether oxygens (including phenoxy) is 1. The molecule has 0 spiro atoms. The van der Waals surface area contributed by atoms with Crippen molar-refractivity contribution < 1.29 is 22.7 Å². The smallest absolute Gasteiger partial charge is 0.417 e. The molecule has 1 aliphatic heterocycles. The second kappa shape index (κ2) is 7.70. The molecule has 0 saturated carbocycles. The van der Waals surface area contributed by atoms with E-state index in [0.29, 0.717) is 12.4 Å². The quantitative estimate of drug-likeness (QED) is 0.795. The zero-order valence-corrected chi connectivity index (χ0v) is 14.4. The van der Waals surface area contributed by atoms with E-state index >= 15 is 0 Å². The average molecular weight is 400 g/mol. The summed E-state index contributed by atoms with van der Waals surface area (Å²) in [6.45, 7) is 0.0135. The Balaban J connectivity index is 1.55. The van der Waals surface area contributed by atoms with Crippen molar-refractivity contribution in [3.8, 4) is 5.75 Å². The SMILES string of the molecule is O=C(COc1ccc(N2CN=NN2)cc1)Nc1ccc(Cl)c(C(F)(F)F)c1. The van der Waals surface area contributed by atoms with Crippen LogP contribution in [0, 0.1) is 0 Å². The van der Waals surface area contributed by atoms with Gasteiger partial charge in [-0.1, -0.05) is 16.8 Å². The molecule has 2 aromatic carbocycles. The van der Waals surface area contributed by atoms with E-state index in [1.165, 1.54) is 6.07 Å². The number of benzene rings is 2.